The molecule has 0 bridgehead atoms. The molecule has 0 amide bonds. The molecule has 1 heterocycles. The summed E-state index contributed by atoms with van der Waals surface area (Å²) in [6, 6.07) is 7.92. The van der Waals surface area contributed by atoms with E-state index in [-0.39, 0.29) is 16.8 Å². The third-order valence-corrected chi connectivity index (χ3v) is 2.83. The first kappa shape index (κ1) is 13.4. The molecule has 0 aliphatic heterocycles. The van der Waals surface area contributed by atoms with Crippen molar-refractivity contribution in [2.75, 3.05) is 5.32 Å². The van der Waals surface area contributed by atoms with E-state index in [9.17, 15) is 4.39 Å². The van der Waals surface area contributed by atoms with Crippen LogP contribution in [-0.2, 0) is 0 Å². The zero-order chi connectivity index (χ0) is 13.8. The van der Waals surface area contributed by atoms with Crippen LogP contribution < -0.4 is 11.1 Å². The zero-order valence-electron chi connectivity index (χ0n) is 10.3. The Morgan fingerprint density at radius 2 is 2.11 bits per heavy atom. The first-order chi connectivity index (χ1) is 9.08. The Morgan fingerprint density at radius 1 is 1.37 bits per heavy atom. The van der Waals surface area contributed by atoms with Gasteiger partial charge in [0.1, 0.15) is 16.5 Å². The lowest BCUT2D eigenvalue weighted by Gasteiger charge is -2.15. The highest BCUT2D eigenvalue weighted by Gasteiger charge is 2.11. The van der Waals surface area contributed by atoms with Gasteiger partial charge in [-0.25, -0.2) is 14.4 Å². The maximum atomic E-state index is 13.6. The number of anilines is 1. The Hall–Kier alpha value is -2.08. The molecule has 1 unspecified atom stereocenters. The average Bonchev–Trinajstić information content (AvgIpc) is 2.39. The normalized spacial score (nSPS) is 11.9. The molecule has 2 aromatic rings. The van der Waals surface area contributed by atoms with Gasteiger partial charge in [-0.05, 0) is 19.1 Å². The number of rotatable bonds is 4. The van der Waals surface area contributed by atoms with Crippen molar-refractivity contribution in [1.82, 2.24) is 9.97 Å². The third kappa shape index (κ3) is 3.23. The highest BCUT2D eigenvalue weighted by Crippen LogP contribution is 2.19. The Morgan fingerprint density at radius 3 is 2.79 bits per heavy atom. The number of thiocarbonyl (C=S) groups is 1. The van der Waals surface area contributed by atoms with E-state index < -0.39 is 0 Å². The lowest BCUT2D eigenvalue weighted by Crippen LogP contribution is -2.15. The van der Waals surface area contributed by atoms with Crippen LogP contribution in [0, 0.1) is 5.82 Å². The van der Waals surface area contributed by atoms with E-state index >= 15 is 0 Å². The molecule has 3 N–H and O–H groups in total. The first-order valence-electron chi connectivity index (χ1n) is 5.71. The monoisotopic (exact) mass is 276 g/mol. The number of benzene rings is 1. The van der Waals surface area contributed by atoms with Crippen LogP contribution in [0.5, 0.6) is 0 Å². The van der Waals surface area contributed by atoms with Gasteiger partial charge in [0, 0.05) is 11.8 Å². The molecule has 98 valence electrons. The van der Waals surface area contributed by atoms with Crippen molar-refractivity contribution >= 4 is 23.2 Å². The molecule has 1 aromatic carbocycles. The molecule has 0 saturated heterocycles. The van der Waals surface area contributed by atoms with Gasteiger partial charge in [0.15, 0.2) is 0 Å². The Bertz CT molecular complexity index is 603. The molecule has 0 spiro atoms. The van der Waals surface area contributed by atoms with Gasteiger partial charge in [-0.15, -0.1) is 0 Å². The minimum Gasteiger partial charge on any atom is -0.388 e. The van der Waals surface area contributed by atoms with Crippen LogP contribution in [0.15, 0.2) is 36.5 Å². The van der Waals surface area contributed by atoms with Crippen molar-refractivity contribution in [3.63, 3.8) is 0 Å². The molecule has 4 nitrogen and oxygen atoms in total. The summed E-state index contributed by atoms with van der Waals surface area (Å²) in [5.74, 6) is 0.0917. The molecule has 6 heteroatoms. The summed E-state index contributed by atoms with van der Waals surface area (Å²) in [5, 5.41) is 3.02. The minimum atomic E-state index is -0.270. The van der Waals surface area contributed by atoms with Crippen molar-refractivity contribution < 1.29 is 4.39 Å². The Labute approximate surface area is 115 Å². The van der Waals surface area contributed by atoms with Gasteiger partial charge >= 0.3 is 0 Å². The fraction of sp³-hybridized carbons (Fsp3) is 0.154. The minimum absolute atomic E-state index is 0.198. The second-order valence-corrected chi connectivity index (χ2v) is 4.46. The quantitative estimate of drug-likeness (QED) is 0.840. The van der Waals surface area contributed by atoms with Gasteiger partial charge in [-0.3, -0.25) is 0 Å². The molecule has 2 rings (SSSR count). The summed E-state index contributed by atoms with van der Waals surface area (Å²) < 4.78 is 13.6. The van der Waals surface area contributed by atoms with Gasteiger partial charge in [-0.2, -0.15) is 0 Å². The van der Waals surface area contributed by atoms with E-state index in [1.165, 1.54) is 6.07 Å². The number of hydrogen-bond donors (Lipinski definition) is 2. The van der Waals surface area contributed by atoms with Crippen molar-refractivity contribution in [1.29, 1.82) is 0 Å². The largest absolute Gasteiger partial charge is 0.388 e. The van der Waals surface area contributed by atoms with E-state index in [4.69, 9.17) is 18.0 Å². The number of nitrogens with two attached hydrogens (primary N) is 1. The maximum absolute atomic E-state index is 13.6. The van der Waals surface area contributed by atoms with Crippen molar-refractivity contribution in [2.24, 2.45) is 5.73 Å². The predicted octanol–water partition coefficient (Wildman–Crippen LogP) is 2.42. The lowest BCUT2D eigenvalue weighted by molar-refractivity contribution is 0.599. The van der Waals surface area contributed by atoms with Gasteiger partial charge in [-0.1, -0.05) is 30.4 Å². The summed E-state index contributed by atoms with van der Waals surface area (Å²) in [5.41, 5.74) is 6.53. The molecule has 0 radical (unpaired) electrons. The van der Waals surface area contributed by atoms with Crippen molar-refractivity contribution in [3.8, 4) is 0 Å². The maximum Gasteiger partial charge on any atom is 0.223 e. The smallest absolute Gasteiger partial charge is 0.223 e. The molecule has 0 aliphatic carbocycles. The van der Waals surface area contributed by atoms with Crippen LogP contribution in [0.4, 0.5) is 10.3 Å². The molecule has 1 atom stereocenters. The molecule has 19 heavy (non-hydrogen) atoms. The molecule has 1 aromatic heterocycles. The third-order valence-electron chi connectivity index (χ3n) is 2.63. The van der Waals surface area contributed by atoms with E-state index in [1.807, 2.05) is 6.92 Å². The summed E-state index contributed by atoms with van der Waals surface area (Å²) in [6.07, 6.45) is 1.55. The molecular weight excluding hydrogens is 263 g/mol. The highest BCUT2D eigenvalue weighted by atomic mass is 32.1. The van der Waals surface area contributed by atoms with Gasteiger partial charge in [0.05, 0.1) is 6.04 Å². The zero-order valence-corrected chi connectivity index (χ0v) is 11.1. The number of aromatic nitrogens is 2. The summed E-state index contributed by atoms with van der Waals surface area (Å²) in [7, 11) is 0. The lowest BCUT2D eigenvalue weighted by atomic mass is 10.1. The fourth-order valence-corrected chi connectivity index (χ4v) is 1.78. The number of halogens is 1. The van der Waals surface area contributed by atoms with Crippen LogP contribution in [-0.4, -0.2) is 15.0 Å². The number of nitrogens with zero attached hydrogens (tertiary/aromatic N) is 2. The van der Waals surface area contributed by atoms with Gasteiger partial charge in [0.25, 0.3) is 0 Å². The predicted molar refractivity (Wildman–Crippen MR) is 76.4 cm³/mol. The Kier molecular flexibility index (Phi) is 4.01. The number of nitrogens with one attached hydrogen (secondary N) is 1. The highest BCUT2D eigenvalue weighted by molar-refractivity contribution is 7.80. The van der Waals surface area contributed by atoms with Crippen LogP contribution in [0.25, 0.3) is 0 Å². The van der Waals surface area contributed by atoms with Crippen LogP contribution in [0.3, 0.4) is 0 Å². The second-order valence-electron chi connectivity index (χ2n) is 4.02. The van der Waals surface area contributed by atoms with E-state index in [2.05, 4.69) is 15.3 Å². The summed E-state index contributed by atoms with van der Waals surface area (Å²) in [4.78, 5) is 8.41. The van der Waals surface area contributed by atoms with Gasteiger partial charge in [0.2, 0.25) is 5.95 Å². The molecular formula is C13H13FN4S. The van der Waals surface area contributed by atoms with Crippen LogP contribution >= 0.6 is 12.2 Å². The second kappa shape index (κ2) is 5.71. The average molecular weight is 276 g/mol. The number of hydrogen-bond acceptors (Lipinski definition) is 4. The standard InChI is InChI=1S/C13H13FN4S/c1-8(9-4-2-3-5-10(9)14)17-13-16-7-6-11(18-13)12(15)19/h2-8H,1H3,(H2,15,19)(H,16,17,18). The van der Waals surface area contributed by atoms with E-state index in [0.29, 0.717) is 17.2 Å². The van der Waals surface area contributed by atoms with Crippen molar-refractivity contribution in [2.45, 2.75) is 13.0 Å². The molecule has 0 fully saturated rings. The topological polar surface area (TPSA) is 63.8 Å². The SMILES string of the molecule is CC(Nc1nccc(C(N)=S)n1)c1ccccc1F. The van der Waals surface area contributed by atoms with E-state index in [1.54, 1.807) is 30.5 Å². The van der Waals surface area contributed by atoms with Crippen LogP contribution in [0.2, 0.25) is 0 Å². The van der Waals surface area contributed by atoms with Gasteiger partial charge < -0.3 is 11.1 Å². The van der Waals surface area contributed by atoms with E-state index in [0.717, 1.165) is 0 Å². The fourth-order valence-electron chi connectivity index (χ4n) is 1.66. The molecule has 0 saturated carbocycles. The molecule has 0 aliphatic rings. The summed E-state index contributed by atoms with van der Waals surface area (Å²) in [6.45, 7) is 1.83. The first-order valence-corrected chi connectivity index (χ1v) is 6.12. The van der Waals surface area contributed by atoms with Crippen LogP contribution in [0.1, 0.15) is 24.2 Å². The Balaban J connectivity index is 2.19. The van der Waals surface area contributed by atoms with Crippen molar-refractivity contribution in [3.05, 3.63) is 53.6 Å². The summed E-state index contributed by atoms with van der Waals surface area (Å²) >= 11 is 4.85.